The van der Waals surface area contributed by atoms with Gasteiger partial charge in [0.05, 0.1) is 0 Å². The average molecular weight is 1050 g/mol. The molecule has 4 heterocycles. The van der Waals surface area contributed by atoms with Gasteiger partial charge < -0.3 is 9.80 Å². The van der Waals surface area contributed by atoms with Crippen molar-refractivity contribution in [2.24, 2.45) is 0 Å². The molecule has 0 aliphatic heterocycles. The molecule has 16 rings (SSSR count). The number of pyridine rings is 4. The van der Waals surface area contributed by atoms with E-state index in [-0.39, 0.29) is 0 Å². The molecule has 0 fully saturated rings. The SMILES string of the molecule is c1cncc(-c2cc(-c3cccnc3)cc(N(c3ccc(-c4ccc(N(c5cc(-c6cccnc6)cc(-c6cccnc6)c5)c5cc6ccc7cccc8ccc(c5)c6c78)cc4)cc3)c3cc4ccc5cccc6ccc(c3)c4c56)c2)c1. The highest BCUT2D eigenvalue weighted by molar-refractivity contribution is 6.25. The van der Waals surface area contributed by atoms with E-state index in [0.717, 1.165) is 89.8 Å². The monoisotopic (exact) mass is 1040 g/mol. The lowest BCUT2D eigenvalue weighted by atomic mass is 9.93. The molecule has 0 unspecified atom stereocenters. The summed E-state index contributed by atoms with van der Waals surface area (Å²) in [5.74, 6) is 0. The summed E-state index contributed by atoms with van der Waals surface area (Å²) in [5.41, 5.74) is 16.9. The highest BCUT2D eigenvalue weighted by atomic mass is 15.1. The van der Waals surface area contributed by atoms with Gasteiger partial charge in [0.1, 0.15) is 0 Å². The van der Waals surface area contributed by atoms with Crippen LogP contribution in [0.5, 0.6) is 0 Å². The Morgan fingerprint density at radius 3 is 0.732 bits per heavy atom. The van der Waals surface area contributed by atoms with Gasteiger partial charge in [-0.25, -0.2) is 0 Å². The molecule has 0 saturated carbocycles. The van der Waals surface area contributed by atoms with Crippen LogP contribution >= 0.6 is 0 Å². The molecule has 0 amide bonds. The third-order valence-corrected chi connectivity index (χ3v) is 16.3. The number of hydrogen-bond donors (Lipinski definition) is 0. The van der Waals surface area contributed by atoms with Gasteiger partial charge >= 0.3 is 0 Å². The molecule has 12 aromatic carbocycles. The second-order valence-corrected chi connectivity index (χ2v) is 21.2. The van der Waals surface area contributed by atoms with Gasteiger partial charge in [0.2, 0.25) is 0 Å². The van der Waals surface area contributed by atoms with E-state index in [4.69, 9.17) is 0 Å². The second kappa shape index (κ2) is 19.4. The van der Waals surface area contributed by atoms with Crippen LogP contribution in [0.3, 0.4) is 0 Å². The molecule has 0 aliphatic carbocycles. The van der Waals surface area contributed by atoms with Gasteiger partial charge in [0.15, 0.2) is 0 Å². The van der Waals surface area contributed by atoms with Crippen LogP contribution in [0.25, 0.3) is 120 Å². The fraction of sp³-hybridized carbons (Fsp3) is 0. The molecule has 382 valence electrons. The van der Waals surface area contributed by atoms with Gasteiger partial charge in [-0.15, -0.1) is 0 Å². The average Bonchev–Trinajstić information content (AvgIpc) is 3.71. The Morgan fingerprint density at radius 2 is 0.451 bits per heavy atom. The van der Waals surface area contributed by atoms with Crippen LogP contribution in [0.4, 0.5) is 34.1 Å². The molecule has 0 saturated heterocycles. The van der Waals surface area contributed by atoms with Crippen molar-refractivity contribution in [3.63, 3.8) is 0 Å². The number of benzene rings is 12. The summed E-state index contributed by atoms with van der Waals surface area (Å²) in [6.07, 6.45) is 15.1. The third-order valence-electron chi connectivity index (χ3n) is 16.3. The molecule has 0 radical (unpaired) electrons. The number of nitrogens with zero attached hydrogens (tertiary/aromatic N) is 6. The fourth-order valence-corrected chi connectivity index (χ4v) is 12.5. The van der Waals surface area contributed by atoms with E-state index in [1.54, 1.807) is 0 Å². The maximum Gasteiger partial charge on any atom is 0.0474 e. The Bertz CT molecular complexity index is 4450. The zero-order valence-electron chi connectivity index (χ0n) is 44.4. The zero-order valence-corrected chi connectivity index (χ0v) is 44.4. The van der Waals surface area contributed by atoms with Crippen molar-refractivity contribution in [3.8, 4) is 55.6 Å². The van der Waals surface area contributed by atoms with Gasteiger partial charge in [-0.3, -0.25) is 19.9 Å². The van der Waals surface area contributed by atoms with Crippen molar-refractivity contribution in [2.75, 3.05) is 9.80 Å². The highest BCUT2D eigenvalue weighted by Crippen LogP contribution is 2.47. The van der Waals surface area contributed by atoms with Crippen LogP contribution in [0, 0.1) is 0 Å². The molecular weight excluding hydrogens is 997 g/mol. The summed E-state index contributed by atoms with van der Waals surface area (Å²) in [4.78, 5) is 23.0. The van der Waals surface area contributed by atoms with Crippen LogP contribution in [0.1, 0.15) is 0 Å². The van der Waals surface area contributed by atoms with E-state index in [9.17, 15) is 0 Å². The summed E-state index contributed by atoms with van der Waals surface area (Å²) in [7, 11) is 0. The lowest BCUT2D eigenvalue weighted by Gasteiger charge is -2.28. The lowest BCUT2D eigenvalue weighted by Crippen LogP contribution is -2.11. The van der Waals surface area contributed by atoms with E-state index in [1.165, 1.54) is 64.6 Å². The summed E-state index contributed by atoms with van der Waals surface area (Å²) < 4.78 is 0. The number of aromatic nitrogens is 4. The Kier molecular flexibility index (Phi) is 11.1. The first-order valence-electron chi connectivity index (χ1n) is 27.7. The van der Waals surface area contributed by atoms with Crippen molar-refractivity contribution in [1.82, 2.24) is 19.9 Å². The molecule has 82 heavy (non-hydrogen) atoms. The largest absolute Gasteiger partial charge is 0.310 e. The van der Waals surface area contributed by atoms with Gasteiger partial charge in [0.25, 0.3) is 0 Å². The molecule has 0 bridgehead atoms. The van der Waals surface area contributed by atoms with Crippen molar-refractivity contribution in [2.45, 2.75) is 0 Å². The van der Waals surface area contributed by atoms with Gasteiger partial charge in [-0.1, -0.05) is 133 Å². The number of anilines is 6. The minimum atomic E-state index is 1.02. The first-order chi connectivity index (χ1) is 40.6. The van der Waals surface area contributed by atoms with E-state index >= 15 is 0 Å². The molecule has 0 spiro atoms. The summed E-state index contributed by atoms with van der Waals surface area (Å²) in [5, 5.41) is 15.0. The molecule has 4 aromatic heterocycles. The molecule has 6 nitrogen and oxygen atoms in total. The Balaban J connectivity index is 0.834. The van der Waals surface area contributed by atoms with E-state index < -0.39 is 0 Å². The first-order valence-corrected chi connectivity index (χ1v) is 27.7. The topological polar surface area (TPSA) is 58.0 Å². The van der Waals surface area contributed by atoms with Gasteiger partial charge in [-0.05, 0) is 207 Å². The Labute approximate surface area is 473 Å². The molecule has 16 aromatic rings. The van der Waals surface area contributed by atoms with Crippen LogP contribution < -0.4 is 9.80 Å². The van der Waals surface area contributed by atoms with Crippen LogP contribution in [0.2, 0.25) is 0 Å². The minimum Gasteiger partial charge on any atom is -0.310 e. The molecule has 0 N–H and O–H groups in total. The van der Waals surface area contributed by atoms with Crippen molar-refractivity contribution >= 4 is 98.8 Å². The predicted molar refractivity (Wildman–Crippen MR) is 342 cm³/mol. The van der Waals surface area contributed by atoms with Crippen LogP contribution in [0.15, 0.2) is 292 Å². The maximum atomic E-state index is 4.54. The van der Waals surface area contributed by atoms with Crippen LogP contribution in [-0.4, -0.2) is 19.9 Å². The zero-order chi connectivity index (χ0) is 54.1. The summed E-state index contributed by atoms with van der Waals surface area (Å²) in [6, 6.07) is 88.8. The lowest BCUT2D eigenvalue weighted by molar-refractivity contribution is 1.28. The van der Waals surface area contributed by atoms with Crippen LogP contribution in [-0.2, 0) is 0 Å². The Morgan fingerprint density at radius 1 is 0.183 bits per heavy atom. The molecule has 0 atom stereocenters. The Hall–Kier alpha value is -11.1. The van der Waals surface area contributed by atoms with Gasteiger partial charge in [-0.2, -0.15) is 0 Å². The maximum absolute atomic E-state index is 4.54. The van der Waals surface area contributed by atoms with Crippen molar-refractivity contribution in [3.05, 3.63) is 292 Å². The highest BCUT2D eigenvalue weighted by Gasteiger charge is 2.22. The predicted octanol–water partition coefficient (Wildman–Crippen LogP) is 20.3. The minimum absolute atomic E-state index is 1.02. The summed E-state index contributed by atoms with van der Waals surface area (Å²) >= 11 is 0. The normalized spacial score (nSPS) is 11.7. The second-order valence-electron chi connectivity index (χ2n) is 21.2. The van der Waals surface area contributed by atoms with E-state index in [1.807, 2.05) is 73.8 Å². The quantitative estimate of drug-likeness (QED) is 0.120. The van der Waals surface area contributed by atoms with Crippen molar-refractivity contribution < 1.29 is 0 Å². The standard InChI is InChI=1S/C76H48N6/c1-7-51-15-19-55-37-69(38-56-20-16-52(8-1)73(51)75(55)56)81(71-41-63(59-11-3-31-77-45-59)35-64(42-71)60-12-4-32-78-46-60)67-27-23-49(24-28-67)50-25-29-68(30-26-50)82(70-39-57-21-17-53-9-2-10-54-18-22-58(40-70)76(57)74(53)54)72-43-65(61-13-5-33-79-47-61)36-66(44-72)62-14-6-34-80-48-62/h1-48H. The third kappa shape index (κ3) is 8.20. The number of rotatable bonds is 11. The molecule has 6 heteroatoms. The molecule has 0 aliphatic rings. The molecular formula is C76H48N6. The van der Waals surface area contributed by atoms with E-state index in [0.29, 0.717) is 0 Å². The van der Waals surface area contributed by atoms with Gasteiger partial charge in [0, 0.05) is 106 Å². The van der Waals surface area contributed by atoms with Crippen molar-refractivity contribution in [1.29, 1.82) is 0 Å². The van der Waals surface area contributed by atoms with E-state index in [2.05, 4.69) is 248 Å². The first kappa shape index (κ1) is 47.0. The smallest absolute Gasteiger partial charge is 0.0474 e. The fourth-order valence-electron chi connectivity index (χ4n) is 12.5. The summed E-state index contributed by atoms with van der Waals surface area (Å²) in [6.45, 7) is 0. The number of hydrogen-bond acceptors (Lipinski definition) is 6.